The summed E-state index contributed by atoms with van der Waals surface area (Å²) in [6.07, 6.45) is -5.74. The van der Waals surface area contributed by atoms with Gasteiger partial charge in [-0.3, -0.25) is 14.4 Å². The zero-order valence-electron chi connectivity index (χ0n) is 19.1. The van der Waals surface area contributed by atoms with E-state index in [2.05, 4.69) is 4.74 Å². The van der Waals surface area contributed by atoms with Gasteiger partial charge in [-0.25, -0.2) is 14.8 Å². The number of methoxy groups -OCH3 is 1. The number of carbonyl (C=O) groups is 3. The zero-order chi connectivity index (χ0) is 26.5. The first kappa shape index (κ1) is 24.8. The van der Waals surface area contributed by atoms with Crippen molar-refractivity contribution in [3.05, 3.63) is 94.5 Å². The van der Waals surface area contributed by atoms with E-state index in [1.807, 2.05) is 0 Å². The Morgan fingerprint density at radius 1 is 0.892 bits per heavy atom. The number of nitrogens with zero attached hydrogens (tertiary/aromatic N) is 2. The maximum absolute atomic E-state index is 13.6. The summed E-state index contributed by atoms with van der Waals surface area (Å²) in [5, 5.41) is 1.81. The van der Waals surface area contributed by atoms with Crippen molar-refractivity contribution >= 4 is 40.8 Å². The van der Waals surface area contributed by atoms with Gasteiger partial charge in [-0.2, -0.15) is 13.2 Å². The number of rotatable bonds is 4. The van der Waals surface area contributed by atoms with E-state index in [1.54, 1.807) is 24.3 Å². The maximum atomic E-state index is 13.6. The molecule has 3 aromatic carbocycles. The van der Waals surface area contributed by atoms with E-state index in [4.69, 9.17) is 16.4 Å². The van der Waals surface area contributed by atoms with Gasteiger partial charge < -0.3 is 4.74 Å². The fourth-order valence-electron chi connectivity index (χ4n) is 4.55. The van der Waals surface area contributed by atoms with Crippen LogP contribution in [0.3, 0.4) is 0 Å². The Morgan fingerprint density at radius 3 is 2.05 bits per heavy atom. The van der Waals surface area contributed by atoms with E-state index in [0.717, 1.165) is 17.0 Å². The molecule has 0 saturated carbocycles. The van der Waals surface area contributed by atoms with Crippen LogP contribution in [-0.4, -0.2) is 31.0 Å². The Balaban J connectivity index is 1.53. The third-order valence-electron chi connectivity index (χ3n) is 6.32. The second-order valence-electron chi connectivity index (χ2n) is 8.47. The van der Waals surface area contributed by atoms with Crippen LogP contribution in [0, 0.1) is 5.92 Å². The number of carbonyl (C=O) groups excluding carboxylic acids is 3. The van der Waals surface area contributed by atoms with Gasteiger partial charge in [-0.15, -0.1) is 0 Å². The summed E-state index contributed by atoms with van der Waals surface area (Å²) in [7, 11) is 1.23. The molecule has 0 spiro atoms. The number of hydrogen-bond acceptors (Lipinski definition) is 6. The Labute approximate surface area is 213 Å². The van der Waals surface area contributed by atoms with Gasteiger partial charge in [0.25, 0.3) is 5.91 Å². The van der Waals surface area contributed by atoms with Crippen molar-refractivity contribution < 1.29 is 37.1 Å². The highest BCUT2D eigenvalue weighted by molar-refractivity contribution is 6.30. The largest absolute Gasteiger partial charge is 0.465 e. The fraction of sp³-hybridized carbons (Fsp3) is 0.192. The van der Waals surface area contributed by atoms with Crippen molar-refractivity contribution in [2.45, 2.75) is 18.3 Å². The molecular formula is C26H18ClF3N2O5. The van der Waals surface area contributed by atoms with Crippen LogP contribution in [0.4, 0.5) is 24.5 Å². The predicted octanol–water partition coefficient (Wildman–Crippen LogP) is 5.20. The number of alkyl halides is 3. The molecule has 11 heteroatoms. The molecule has 2 fully saturated rings. The van der Waals surface area contributed by atoms with Crippen molar-refractivity contribution in [1.29, 1.82) is 0 Å². The van der Waals surface area contributed by atoms with E-state index in [-0.39, 0.29) is 11.3 Å². The van der Waals surface area contributed by atoms with Crippen LogP contribution in [0.25, 0.3) is 0 Å². The van der Waals surface area contributed by atoms with Crippen molar-refractivity contribution in [3.63, 3.8) is 0 Å². The fourth-order valence-corrected chi connectivity index (χ4v) is 4.68. The summed E-state index contributed by atoms with van der Waals surface area (Å²) in [5.41, 5.74) is 0.451. The molecule has 5 rings (SSSR count). The van der Waals surface area contributed by atoms with Gasteiger partial charge in [0, 0.05) is 5.02 Å². The lowest BCUT2D eigenvalue weighted by atomic mass is 9.90. The molecule has 190 valence electrons. The van der Waals surface area contributed by atoms with Gasteiger partial charge in [0.15, 0.2) is 6.10 Å². The molecular weight excluding hydrogens is 513 g/mol. The van der Waals surface area contributed by atoms with E-state index in [0.29, 0.717) is 16.3 Å². The smallest absolute Gasteiger partial charge is 0.416 e. The molecule has 0 aliphatic carbocycles. The van der Waals surface area contributed by atoms with Crippen molar-refractivity contribution in [2.75, 3.05) is 17.1 Å². The molecule has 0 unspecified atom stereocenters. The molecule has 2 heterocycles. The molecule has 0 aromatic heterocycles. The third-order valence-corrected chi connectivity index (χ3v) is 6.57. The molecule has 0 bridgehead atoms. The molecule has 2 aliphatic rings. The summed E-state index contributed by atoms with van der Waals surface area (Å²) in [5.74, 6) is -2.83. The summed E-state index contributed by atoms with van der Waals surface area (Å²) >= 11 is 5.99. The number of anilines is 2. The molecule has 2 amide bonds. The highest BCUT2D eigenvalue weighted by atomic mass is 35.5. The van der Waals surface area contributed by atoms with E-state index in [1.165, 1.54) is 48.6 Å². The summed E-state index contributed by atoms with van der Waals surface area (Å²) in [6, 6.07) is 15.6. The first-order chi connectivity index (χ1) is 17.6. The monoisotopic (exact) mass is 530 g/mol. The number of benzene rings is 3. The third kappa shape index (κ3) is 4.32. The normalized spacial score (nSPS) is 21.4. The highest BCUT2D eigenvalue weighted by Gasteiger charge is 2.60. The van der Waals surface area contributed by atoms with E-state index >= 15 is 0 Å². The molecule has 37 heavy (non-hydrogen) atoms. The van der Waals surface area contributed by atoms with Gasteiger partial charge in [-0.1, -0.05) is 23.7 Å². The van der Waals surface area contributed by atoms with Crippen molar-refractivity contribution in [2.24, 2.45) is 5.92 Å². The van der Waals surface area contributed by atoms with Crippen molar-refractivity contribution in [3.8, 4) is 0 Å². The minimum Gasteiger partial charge on any atom is -0.465 e. The standard InChI is InChI=1S/C26H18ClF3N2O5/c1-36-25(35)15-4-10-18(11-5-15)31-23(33)20-21(14-2-6-16(7-3-14)26(28,29)30)32(37-22(20)24(31)34)19-12-8-17(27)9-13-19/h2-13,20-22H,1H3/t20-,21-,22+/m1/s1. The number of fused-ring (bicyclic) bond motifs is 1. The van der Waals surface area contributed by atoms with E-state index < -0.39 is 47.6 Å². The molecule has 0 N–H and O–H groups in total. The van der Waals surface area contributed by atoms with E-state index in [9.17, 15) is 27.6 Å². The summed E-state index contributed by atoms with van der Waals surface area (Å²) < 4.78 is 44.2. The Bertz CT molecular complexity index is 1360. The minimum absolute atomic E-state index is 0.227. The molecule has 2 aliphatic heterocycles. The summed E-state index contributed by atoms with van der Waals surface area (Å²) in [4.78, 5) is 45.7. The average Bonchev–Trinajstić information content (AvgIpc) is 3.39. The lowest BCUT2D eigenvalue weighted by molar-refractivity contribution is -0.137. The highest BCUT2D eigenvalue weighted by Crippen LogP contribution is 2.48. The van der Waals surface area contributed by atoms with Crippen LogP contribution in [0.5, 0.6) is 0 Å². The second kappa shape index (κ2) is 9.20. The number of hydroxylamine groups is 1. The Kier molecular flexibility index (Phi) is 6.17. The lowest BCUT2D eigenvalue weighted by Crippen LogP contribution is -2.37. The van der Waals surface area contributed by atoms with Gasteiger partial charge in [0.2, 0.25) is 5.91 Å². The molecule has 3 aromatic rings. The van der Waals surface area contributed by atoms with Crippen LogP contribution in [0.1, 0.15) is 27.5 Å². The first-order valence-electron chi connectivity index (χ1n) is 11.0. The molecule has 0 radical (unpaired) electrons. The number of hydrogen-bond donors (Lipinski definition) is 0. The first-order valence-corrected chi connectivity index (χ1v) is 11.4. The van der Waals surface area contributed by atoms with Gasteiger partial charge in [0.1, 0.15) is 5.92 Å². The molecule has 7 nitrogen and oxygen atoms in total. The number of ether oxygens (including phenoxy) is 1. The van der Waals surface area contributed by atoms with Gasteiger partial charge >= 0.3 is 12.1 Å². The van der Waals surface area contributed by atoms with Gasteiger partial charge in [-0.05, 0) is 66.2 Å². The predicted molar refractivity (Wildman–Crippen MR) is 127 cm³/mol. The van der Waals surface area contributed by atoms with Crippen LogP contribution < -0.4 is 9.96 Å². The topological polar surface area (TPSA) is 76.2 Å². The lowest BCUT2D eigenvalue weighted by Gasteiger charge is -2.29. The quantitative estimate of drug-likeness (QED) is 0.341. The average molecular weight is 531 g/mol. The molecule has 3 atom stereocenters. The van der Waals surface area contributed by atoms with Crippen molar-refractivity contribution in [1.82, 2.24) is 0 Å². The zero-order valence-corrected chi connectivity index (χ0v) is 19.9. The van der Waals surface area contributed by atoms with Crippen LogP contribution in [-0.2, 0) is 25.3 Å². The van der Waals surface area contributed by atoms with Crippen LogP contribution in [0.2, 0.25) is 5.02 Å². The van der Waals surface area contributed by atoms with Crippen LogP contribution >= 0.6 is 11.6 Å². The molecule has 2 saturated heterocycles. The minimum atomic E-state index is -4.53. The second-order valence-corrected chi connectivity index (χ2v) is 8.91. The number of halogens is 4. The Hall–Kier alpha value is -3.89. The Morgan fingerprint density at radius 2 is 1.49 bits per heavy atom. The summed E-state index contributed by atoms with van der Waals surface area (Å²) in [6.45, 7) is 0. The van der Waals surface area contributed by atoms with Crippen LogP contribution in [0.15, 0.2) is 72.8 Å². The van der Waals surface area contributed by atoms with Gasteiger partial charge in [0.05, 0.1) is 35.7 Å². The number of imide groups is 1. The number of esters is 1. The SMILES string of the molecule is COC(=O)c1ccc(N2C(=O)[C@H]3[C@H](ON(c4ccc(Cl)cc4)[C@@H]3c3ccc(C(F)(F)F)cc3)C2=O)cc1. The maximum Gasteiger partial charge on any atom is 0.416 e. The number of amides is 2.